The minimum Gasteiger partial charge on any atom is -0.508 e. The monoisotopic (exact) mass is 243 g/mol. The molecule has 1 atom stereocenters. The Balaban J connectivity index is 0.00000128. The molecule has 0 spiro atoms. The second-order valence-corrected chi connectivity index (χ2v) is 4.70. The van der Waals surface area contributed by atoms with E-state index in [-0.39, 0.29) is 24.2 Å². The first kappa shape index (κ1) is 13.3. The molecule has 1 saturated heterocycles. The van der Waals surface area contributed by atoms with Gasteiger partial charge in [-0.1, -0.05) is 12.1 Å². The lowest BCUT2D eigenvalue weighted by molar-refractivity contribution is 0.0987. The van der Waals surface area contributed by atoms with Crippen LogP contribution in [0.5, 0.6) is 5.75 Å². The summed E-state index contributed by atoms with van der Waals surface area (Å²) in [5.41, 5.74) is 1.15. The Hall–Kier alpha value is -0.770. The van der Waals surface area contributed by atoms with E-state index in [2.05, 4.69) is 19.2 Å². The maximum absolute atomic E-state index is 9.33. The van der Waals surface area contributed by atoms with Crippen LogP contribution in [0.25, 0.3) is 0 Å². The zero-order valence-electron chi connectivity index (χ0n) is 9.56. The molecule has 1 aliphatic heterocycles. The number of ether oxygens (including phenoxy) is 1. The molecular formula is C12H18ClNO2. The highest BCUT2D eigenvalue weighted by Crippen LogP contribution is 2.18. The number of aromatic hydroxyl groups is 1. The molecule has 1 aliphatic rings. The summed E-state index contributed by atoms with van der Waals surface area (Å²) in [5, 5.41) is 12.7. The van der Waals surface area contributed by atoms with Crippen molar-refractivity contribution in [2.75, 3.05) is 6.61 Å². The summed E-state index contributed by atoms with van der Waals surface area (Å²) in [6.07, 6.45) is 0.847. The molecule has 0 aromatic heterocycles. The Bertz CT molecular complexity index is 355. The largest absolute Gasteiger partial charge is 0.508 e. The molecule has 16 heavy (non-hydrogen) atoms. The fraction of sp³-hybridized carbons (Fsp3) is 0.500. The maximum atomic E-state index is 9.33. The van der Waals surface area contributed by atoms with E-state index in [1.165, 1.54) is 0 Å². The molecule has 0 radical (unpaired) electrons. The lowest BCUT2D eigenvalue weighted by atomic mass is 10.1. The Kier molecular flexibility index (Phi) is 4.19. The van der Waals surface area contributed by atoms with Crippen molar-refractivity contribution in [2.24, 2.45) is 0 Å². The first-order chi connectivity index (χ1) is 7.05. The summed E-state index contributed by atoms with van der Waals surface area (Å²) in [5.74, 6) is 0.310. The quantitative estimate of drug-likeness (QED) is 0.836. The Morgan fingerprint density at radius 3 is 2.81 bits per heavy atom. The van der Waals surface area contributed by atoms with Gasteiger partial charge in [0.25, 0.3) is 0 Å². The number of hydrogen-bond acceptors (Lipinski definition) is 3. The van der Waals surface area contributed by atoms with Crippen LogP contribution in [0.2, 0.25) is 0 Å². The highest BCUT2D eigenvalue weighted by molar-refractivity contribution is 5.85. The van der Waals surface area contributed by atoms with Gasteiger partial charge in [-0.2, -0.15) is 0 Å². The zero-order chi connectivity index (χ0) is 10.9. The Morgan fingerprint density at radius 1 is 1.50 bits per heavy atom. The summed E-state index contributed by atoms with van der Waals surface area (Å²) in [7, 11) is 0. The van der Waals surface area contributed by atoms with E-state index < -0.39 is 0 Å². The van der Waals surface area contributed by atoms with Crippen molar-refractivity contribution in [3.63, 3.8) is 0 Å². The second kappa shape index (κ2) is 5.04. The van der Waals surface area contributed by atoms with E-state index in [1.807, 2.05) is 12.1 Å². The average Bonchev–Trinajstić information content (AvgIpc) is 2.45. The SMILES string of the molecule is CC1(C)COC(Cc2cccc(O)c2)N1.Cl. The van der Waals surface area contributed by atoms with Crippen molar-refractivity contribution in [2.45, 2.75) is 32.0 Å². The van der Waals surface area contributed by atoms with E-state index in [0.717, 1.165) is 18.6 Å². The molecule has 1 heterocycles. The van der Waals surface area contributed by atoms with Crippen LogP contribution >= 0.6 is 12.4 Å². The van der Waals surface area contributed by atoms with Gasteiger partial charge >= 0.3 is 0 Å². The lowest BCUT2D eigenvalue weighted by Gasteiger charge is -2.17. The summed E-state index contributed by atoms with van der Waals surface area (Å²) >= 11 is 0. The predicted molar refractivity (Wildman–Crippen MR) is 66.0 cm³/mol. The molecule has 1 unspecified atom stereocenters. The number of halogens is 1. The molecule has 0 bridgehead atoms. The Labute approximate surface area is 102 Å². The molecule has 1 fully saturated rings. The van der Waals surface area contributed by atoms with Crippen LogP contribution < -0.4 is 5.32 Å². The molecule has 90 valence electrons. The van der Waals surface area contributed by atoms with Gasteiger partial charge in [0.2, 0.25) is 0 Å². The van der Waals surface area contributed by atoms with Gasteiger partial charge in [0, 0.05) is 12.0 Å². The number of nitrogens with one attached hydrogen (secondary N) is 1. The molecule has 0 amide bonds. The number of rotatable bonds is 2. The van der Waals surface area contributed by atoms with Gasteiger partial charge in [0.05, 0.1) is 6.61 Å². The summed E-state index contributed by atoms with van der Waals surface area (Å²) < 4.78 is 5.62. The number of phenolic OH excluding ortho intramolecular Hbond substituents is 1. The maximum Gasteiger partial charge on any atom is 0.115 e. The smallest absolute Gasteiger partial charge is 0.115 e. The van der Waals surface area contributed by atoms with Crippen molar-refractivity contribution >= 4 is 12.4 Å². The standard InChI is InChI=1S/C12H17NO2.ClH/c1-12(2)8-15-11(13-12)7-9-4-3-5-10(14)6-9;/h3-6,11,13-14H,7-8H2,1-2H3;1H. The van der Waals surface area contributed by atoms with E-state index >= 15 is 0 Å². The van der Waals surface area contributed by atoms with Crippen LogP contribution in [0.4, 0.5) is 0 Å². The second-order valence-electron chi connectivity index (χ2n) is 4.70. The number of phenols is 1. The van der Waals surface area contributed by atoms with Gasteiger partial charge in [-0.3, -0.25) is 5.32 Å². The normalized spacial score (nSPS) is 22.8. The van der Waals surface area contributed by atoms with Crippen LogP contribution in [0.3, 0.4) is 0 Å². The first-order valence-corrected chi connectivity index (χ1v) is 5.22. The minimum absolute atomic E-state index is 0. The molecule has 1 aromatic rings. The molecule has 2 rings (SSSR count). The fourth-order valence-electron chi connectivity index (χ4n) is 1.84. The third-order valence-electron chi connectivity index (χ3n) is 2.53. The summed E-state index contributed by atoms with van der Waals surface area (Å²) in [6, 6.07) is 7.30. The van der Waals surface area contributed by atoms with E-state index in [0.29, 0.717) is 5.75 Å². The predicted octanol–water partition coefficient (Wildman–Crippen LogP) is 2.08. The summed E-state index contributed by atoms with van der Waals surface area (Å²) in [6.45, 7) is 4.97. The van der Waals surface area contributed by atoms with Crippen molar-refractivity contribution in [1.82, 2.24) is 5.32 Å². The molecule has 3 nitrogen and oxygen atoms in total. The topological polar surface area (TPSA) is 41.5 Å². The van der Waals surface area contributed by atoms with E-state index in [1.54, 1.807) is 12.1 Å². The lowest BCUT2D eigenvalue weighted by Crippen LogP contribution is -2.39. The van der Waals surface area contributed by atoms with Crippen molar-refractivity contribution < 1.29 is 9.84 Å². The van der Waals surface area contributed by atoms with Gasteiger partial charge in [0.15, 0.2) is 0 Å². The Morgan fingerprint density at radius 2 is 2.25 bits per heavy atom. The minimum atomic E-state index is 0. The van der Waals surface area contributed by atoms with Gasteiger partial charge in [-0.25, -0.2) is 0 Å². The fourth-order valence-corrected chi connectivity index (χ4v) is 1.84. The highest BCUT2D eigenvalue weighted by Gasteiger charge is 2.30. The number of hydrogen-bond donors (Lipinski definition) is 2. The van der Waals surface area contributed by atoms with Crippen LogP contribution in [-0.4, -0.2) is 23.5 Å². The first-order valence-electron chi connectivity index (χ1n) is 5.22. The van der Waals surface area contributed by atoms with Crippen molar-refractivity contribution in [3.05, 3.63) is 29.8 Å². The van der Waals surface area contributed by atoms with Crippen molar-refractivity contribution in [1.29, 1.82) is 0 Å². The van der Waals surface area contributed by atoms with Crippen LogP contribution in [-0.2, 0) is 11.2 Å². The van der Waals surface area contributed by atoms with Gasteiger partial charge in [0.1, 0.15) is 12.0 Å². The van der Waals surface area contributed by atoms with Crippen LogP contribution in [0.15, 0.2) is 24.3 Å². The zero-order valence-corrected chi connectivity index (χ0v) is 10.4. The van der Waals surface area contributed by atoms with Gasteiger partial charge < -0.3 is 9.84 Å². The molecule has 1 aromatic carbocycles. The van der Waals surface area contributed by atoms with Gasteiger partial charge in [-0.15, -0.1) is 12.4 Å². The molecular weight excluding hydrogens is 226 g/mol. The van der Waals surface area contributed by atoms with E-state index in [4.69, 9.17) is 4.74 Å². The molecule has 4 heteroatoms. The molecule has 0 saturated carbocycles. The summed E-state index contributed by atoms with van der Waals surface area (Å²) in [4.78, 5) is 0. The van der Waals surface area contributed by atoms with Crippen molar-refractivity contribution in [3.8, 4) is 5.75 Å². The molecule has 0 aliphatic carbocycles. The van der Waals surface area contributed by atoms with E-state index in [9.17, 15) is 5.11 Å². The van der Waals surface area contributed by atoms with Gasteiger partial charge in [-0.05, 0) is 31.5 Å². The third kappa shape index (κ3) is 3.37. The number of benzene rings is 1. The van der Waals surface area contributed by atoms with Crippen LogP contribution in [0.1, 0.15) is 19.4 Å². The third-order valence-corrected chi connectivity index (χ3v) is 2.53. The average molecular weight is 244 g/mol. The molecule has 2 N–H and O–H groups in total. The highest BCUT2D eigenvalue weighted by atomic mass is 35.5. The van der Waals surface area contributed by atoms with Crippen LogP contribution in [0, 0.1) is 0 Å².